The third-order valence-electron chi connectivity index (χ3n) is 3.99. The van der Waals surface area contributed by atoms with Gasteiger partial charge in [-0.05, 0) is 12.5 Å². The van der Waals surface area contributed by atoms with Crippen LogP contribution in [0.15, 0.2) is 21.8 Å². The minimum absolute atomic E-state index is 0.0355. The topological polar surface area (TPSA) is 173 Å². The molecule has 11 nitrogen and oxygen atoms in total. The molecule has 2 aliphatic heterocycles. The summed E-state index contributed by atoms with van der Waals surface area (Å²) in [6.45, 7) is 1.96. The fourth-order valence-electron chi connectivity index (χ4n) is 2.75. The second-order valence-electron chi connectivity index (χ2n) is 5.93. The van der Waals surface area contributed by atoms with Gasteiger partial charge in [0.1, 0.15) is 29.4 Å². The van der Waals surface area contributed by atoms with Crippen LogP contribution >= 0.6 is 23.1 Å². The van der Waals surface area contributed by atoms with E-state index in [-0.39, 0.29) is 35.4 Å². The third-order valence-corrected chi connectivity index (χ3v) is 6.09. The number of carboxylic acid groups (broad SMARTS) is 1. The molecule has 13 heteroatoms. The van der Waals surface area contributed by atoms with Crippen molar-refractivity contribution in [2.24, 2.45) is 10.9 Å². The molecule has 2 amide bonds. The van der Waals surface area contributed by atoms with Gasteiger partial charge >= 0.3 is 5.97 Å². The number of nitrogen functional groups attached to an aromatic ring is 1. The van der Waals surface area contributed by atoms with Gasteiger partial charge in [0.25, 0.3) is 11.8 Å². The zero-order chi connectivity index (χ0) is 20.4. The summed E-state index contributed by atoms with van der Waals surface area (Å²) in [5, 5.41) is 17.0. The number of nitrogens with one attached hydrogen (secondary N) is 1. The molecule has 1 saturated heterocycles. The number of carbonyl (C=O) groups is 3. The van der Waals surface area contributed by atoms with Gasteiger partial charge in [-0.25, -0.2) is 9.78 Å². The summed E-state index contributed by atoms with van der Waals surface area (Å²) < 4.78 is 0. The number of thioether (sulfide) groups is 1. The van der Waals surface area contributed by atoms with E-state index in [1.807, 2.05) is 0 Å². The van der Waals surface area contributed by atoms with Crippen LogP contribution in [-0.4, -0.2) is 68.8 Å². The maximum absolute atomic E-state index is 12.7. The average molecular weight is 426 g/mol. The van der Waals surface area contributed by atoms with E-state index in [1.54, 1.807) is 12.3 Å². The number of rotatable bonds is 7. The van der Waals surface area contributed by atoms with Crippen LogP contribution in [0.5, 0.6) is 0 Å². The summed E-state index contributed by atoms with van der Waals surface area (Å²) in [5.41, 5.74) is 11.6. The minimum Gasteiger partial charge on any atom is -0.477 e. The van der Waals surface area contributed by atoms with Gasteiger partial charge in [-0.1, -0.05) is 5.16 Å². The first-order valence-corrected chi connectivity index (χ1v) is 10.1. The molecular weight excluding hydrogens is 408 g/mol. The van der Waals surface area contributed by atoms with Crippen LogP contribution in [-0.2, 0) is 19.2 Å². The molecule has 1 aromatic rings. The van der Waals surface area contributed by atoms with Gasteiger partial charge in [0.05, 0.1) is 0 Å². The first-order valence-electron chi connectivity index (χ1n) is 8.15. The van der Waals surface area contributed by atoms with Crippen LogP contribution in [0.25, 0.3) is 0 Å². The van der Waals surface area contributed by atoms with Crippen molar-refractivity contribution >= 4 is 51.7 Å². The Morgan fingerprint density at radius 2 is 2.29 bits per heavy atom. The number of nitrogens with zero attached hydrogens (tertiary/aromatic N) is 3. The summed E-state index contributed by atoms with van der Waals surface area (Å²) >= 11 is 2.50. The van der Waals surface area contributed by atoms with Crippen LogP contribution in [0, 0.1) is 0 Å². The van der Waals surface area contributed by atoms with Crippen LogP contribution in [0.3, 0.4) is 0 Å². The molecule has 2 aliphatic rings. The summed E-state index contributed by atoms with van der Waals surface area (Å²) in [7, 11) is 0. The fourth-order valence-corrected chi connectivity index (χ4v) is 4.59. The molecule has 150 valence electrons. The normalized spacial score (nSPS) is 21.9. The quantitative estimate of drug-likeness (QED) is 0.188. The Bertz CT molecular complexity index is 882. The molecule has 0 spiro atoms. The number of aliphatic carboxylic acids is 1. The smallest absolute Gasteiger partial charge is 0.352 e. The molecule has 1 fully saturated rings. The van der Waals surface area contributed by atoms with E-state index in [2.05, 4.69) is 15.5 Å². The molecule has 0 radical (unpaired) electrons. The van der Waals surface area contributed by atoms with Crippen molar-refractivity contribution in [3.63, 3.8) is 0 Å². The van der Waals surface area contributed by atoms with Gasteiger partial charge in [0.15, 0.2) is 10.8 Å². The number of hydrogen-bond donors (Lipinski definition) is 4. The van der Waals surface area contributed by atoms with Crippen molar-refractivity contribution in [2.45, 2.75) is 18.3 Å². The predicted molar refractivity (Wildman–Crippen MR) is 103 cm³/mol. The van der Waals surface area contributed by atoms with E-state index in [9.17, 15) is 19.5 Å². The second kappa shape index (κ2) is 8.16. The average Bonchev–Trinajstić information content (AvgIpc) is 3.08. The van der Waals surface area contributed by atoms with E-state index in [4.69, 9.17) is 16.3 Å². The predicted octanol–water partition coefficient (Wildman–Crippen LogP) is -0.837. The molecule has 3 heterocycles. The van der Waals surface area contributed by atoms with E-state index >= 15 is 0 Å². The fraction of sp³-hybridized carbons (Fsp3) is 0.400. The van der Waals surface area contributed by atoms with Crippen molar-refractivity contribution in [3.8, 4) is 0 Å². The first-order chi connectivity index (χ1) is 13.3. The Morgan fingerprint density at radius 1 is 1.54 bits per heavy atom. The lowest BCUT2D eigenvalue weighted by Gasteiger charge is -2.49. The molecule has 1 aromatic heterocycles. The van der Waals surface area contributed by atoms with E-state index in [1.165, 1.54) is 16.7 Å². The number of carbonyl (C=O) groups excluding carboxylic acids is 2. The standard InChI is InChI=1S/C15H18N6O5S2/c1-6-4-27-13-9(12(23)21(13)10(6)14(24)25)19-11(22)8(20-26-3-2-16)7-5-28-15(17)18-7/h5,9,13H,2-4,16H2,1H3,(H2,17,18)(H,19,22)(H,24,25)/t9?,13-/m0/s1. The van der Waals surface area contributed by atoms with Crippen LogP contribution in [0.4, 0.5) is 5.13 Å². The number of thiazole rings is 1. The largest absolute Gasteiger partial charge is 0.477 e. The second-order valence-corrected chi connectivity index (χ2v) is 7.92. The summed E-state index contributed by atoms with van der Waals surface area (Å²) in [6.07, 6.45) is 0. The van der Waals surface area contributed by atoms with Crippen molar-refractivity contribution in [3.05, 3.63) is 22.3 Å². The third kappa shape index (κ3) is 3.68. The van der Waals surface area contributed by atoms with Crippen LogP contribution in [0.1, 0.15) is 12.6 Å². The van der Waals surface area contributed by atoms with Gasteiger partial charge in [-0.3, -0.25) is 14.5 Å². The number of nitrogens with two attached hydrogens (primary N) is 2. The zero-order valence-corrected chi connectivity index (χ0v) is 16.4. The Morgan fingerprint density at radius 3 is 2.89 bits per heavy atom. The molecular formula is C15H18N6O5S2. The number of oxime groups is 1. The van der Waals surface area contributed by atoms with E-state index in [0.717, 1.165) is 11.3 Å². The van der Waals surface area contributed by atoms with Crippen LogP contribution in [0.2, 0.25) is 0 Å². The Hall–Kier alpha value is -2.64. The lowest BCUT2D eigenvalue weighted by molar-refractivity contribution is -0.150. The SMILES string of the molecule is CC1=C(C(=O)O)N2C(=O)C(NC(=O)C(=NOCCN)c3csc(N)n3)[C@@H]2SC1. The van der Waals surface area contributed by atoms with Crippen LogP contribution < -0.4 is 16.8 Å². The number of fused-ring (bicyclic) bond motifs is 1. The highest BCUT2D eigenvalue weighted by Crippen LogP contribution is 2.40. The summed E-state index contributed by atoms with van der Waals surface area (Å²) in [4.78, 5) is 46.9. The lowest BCUT2D eigenvalue weighted by Crippen LogP contribution is -2.71. The van der Waals surface area contributed by atoms with Gasteiger partial charge in [-0.15, -0.1) is 23.1 Å². The van der Waals surface area contributed by atoms with Crippen molar-refractivity contribution < 1.29 is 24.3 Å². The summed E-state index contributed by atoms with van der Waals surface area (Å²) in [6, 6.07) is -0.879. The maximum Gasteiger partial charge on any atom is 0.352 e. The molecule has 1 unspecified atom stereocenters. The highest BCUT2D eigenvalue weighted by Gasteiger charge is 2.54. The molecule has 6 N–H and O–H groups in total. The first kappa shape index (κ1) is 20.1. The molecule has 28 heavy (non-hydrogen) atoms. The van der Waals surface area contributed by atoms with Gasteiger partial charge in [-0.2, -0.15) is 0 Å². The van der Waals surface area contributed by atoms with E-state index < -0.39 is 29.2 Å². The number of aromatic nitrogens is 1. The Kier molecular flexibility index (Phi) is 5.86. The van der Waals surface area contributed by atoms with Gasteiger partial charge < -0.3 is 26.7 Å². The zero-order valence-electron chi connectivity index (χ0n) is 14.7. The number of amides is 2. The molecule has 3 rings (SSSR count). The molecule has 0 aliphatic carbocycles. The van der Waals surface area contributed by atoms with Gasteiger partial charge in [0.2, 0.25) is 0 Å². The summed E-state index contributed by atoms with van der Waals surface area (Å²) in [5.74, 6) is -1.89. The highest BCUT2D eigenvalue weighted by molar-refractivity contribution is 8.00. The highest BCUT2D eigenvalue weighted by atomic mass is 32.2. The molecule has 2 atom stereocenters. The number of carboxylic acids is 1. The minimum atomic E-state index is -1.17. The van der Waals surface area contributed by atoms with Crippen molar-refractivity contribution in [1.29, 1.82) is 0 Å². The van der Waals surface area contributed by atoms with Gasteiger partial charge in [0, 0.05) is 17.7 Å². The Labute approximate surface area is 167 Å². The maximum atomic E-state index is 12.7. The number of β-lactam (4-membered cyclic amide) rings is 1. The molecule has 0 bridgehead atoms. The van der Waals surface area contributed by atoms with Crippen molar-refractivity contribution in [1.82, 2.24) is 15.2 Å². The molecule has 0 saturated carbocycles. The monoisotopic (exact) mass is 426 g/mol. The lowest BCUT2D eigenvalue weighted by atomic mass is 10.0. The van der Waals surface area contributed by atoms with Crippen molar-refractivity contribution in [2.75, 3.05) is 24.6 Å². The number of hydrogen-bond acceptors (Lipinski definition) is 10. The number of anilines is 1. The molecule has 0 aromatic carbocycles. The Balaban J connectivity index is 1.77. The van der Waals surface area contributed by atoms with E-state index in [0.29, 0.717) is 11.3 Å².